The van der Waals surface area contributed by atoms with Crippen molar-refractivity contribution in [1.82, 2.24) is 4.98 Å². The third kappa shape index (κ3) is 2.59. The summed E-state index contributed by atoms with van der Waals surface area (Å²) in [6.45, 7) is 1.50. The number of aliphatic carboxylic acids is 1. The molecule has 0 spiro atoms. The molecule has 0 saturated heterocycles. The first-order chi connectivity index (χ1) is 9.46. The summed E-state index contributed by atoms with van der Waals surface area (Å²) in [6.07, 6.45) is 1.86. The van der Waals surface area contributed by atoms with E-state index in [4.69, 9.17) is 0 Å². The van der Waals surface area contributed by atoms with Gasteiger partial charge in [0, 0.05) is 16.9 Å². The maximum absolute atomic E-state index is 11.7. The zero-order chi connectivity index (χ0) is 14.8. The van der Waals surface area contributed by atoms with Crippen LogP contribution < -0.4 is 0 Å². The highest BCUT2D eigenvalue weighted by molar-refractivity contribution is 9.10. The molecule has 0 radical (unpaired) electrons. The summed E-state index contributed by atoms with van der Waals surface area (Å²) >= 11 is 3.27. The van der Waals surface area contributed by atoms with Crippen molar-refractivity contribution >= 4 is 21.9 Å². The van der Waals surface area contributed by atoms with E-state index >= 15 is 0 Å². The molecule has 0 amide bonds. The summed E-state index contributed by atoms with van der Waals surface area (Å²) in [4.78, 5) is 15.7. The number of carboxylic acid groups (broad SMARTS) is 1. The number of carboxylic acids is 1. The predicted molar refractivity (Wildman–Crippen MR) is 78.3 cm³/mol. The monoisotopic (exact) mass is 335 g/mol. The molecule has 1 aromatic heterocycles. The normalized spacial score (nSPS) is 15.3. The standard InChI is InChI=1S/C15H14BrNO3/c1-15(14(19)20,11-7-12(16)9-17-8-11)13(18)10-5-3-2-4-6-10/h2-9,13,18H,1H3,(H,19,20)/t13-,15+/m0/s1. The van der Waals surface area contributed by atoms with Crippen LogP contribution in [0.15, 0.2) is 53.3 Å². The maximum Gasteiger partial charge on any atom is 0.316 e. The van der Waals surface area contributed by atoms with Crippen LogP contribution in [0.3, 0.4) is 0 Å². The number of benzene rings is 1. The highest BCUT2D eigenvalue weighted by Crippen LogP contribution is 2.38. The molecule has 0 aliphatic heterocycles. The average molecular weight is 336 g/mol. The summed E-state index contributed by atoms with van der Waals surface area (Å²) < 4.78 is 0.669. The van der Waals surface area contributed by atoms with Gasteiger partial charge in [-0.25, -0.2) is 0 Å². The summed E-state index contributed by atoms with van der Waals surface area (Å²) in [6, 6.07) is 10.4. The van der Waals surface area contributed by atoms with E-state index in [1.165, 1.54) is 13.1 Å². The van der Waals surface area contributed by atoms with Crippen LogP contribution in [-0.4, -0.2) is 21.2 Å². The van der Waals surface area contributed by atoms with Crippen LogP contribution in [-0.2, 0) is 10.2 Å². The second kappa shape index (κ2) is 5.73. The first-order valence-electron chi connectivity index (χ1n) is 6.03. The molecule has 4 nitrogen and oxygen atoms in total. The van der Waals surface area contributed by atoms with Crippen LogP contribution in [0, 0.1) is 0 Å². The van der Waals surface area contributed by atoms with Gasteiger partial charge in [0.25, 0.3) is 0 Å². The van der Waals surface area contributed by atoms with Crippen molar-refractivity contribution in [3.05, 3.63) is 64.4 Å². The summed E-state index contributed by atoms with van der Waals surface area (Å²) in [5.74, 6) is -1.10. The molecule has 5 heteroatoms. The molecule has 0 unspecified atom stereocenters. The van der Waals surface area contributed by atoms with E-state index in [9.17, 15) is 15.0 Å². The van der Waals surface area contributed by atoms with E-state index in [0.29, 0.717) is 15.6 Å². The topological polar surface area (TPSA) is 70.4 Å². The quantitative estimate of drug-likeness (QED) is 0.901. The molecule has 2 aromatic rings. The van der Waals surface area contributed by atoms with Gasteiger partial charge in [0.1, 0.15) is 5.41 Å². The number of hydrogen-bond donors (Lipinski definition) is 2. The van der Waals surface area contributed by atoms with E-state index in [1.807, 2.05) is 6.07 Å². The lowest BCUT2D eigenvalue weighted by Gasteiger charge is -2.31. The second-order valence-electron chi connectivity index (χ2n) is 4.71. The van der Waals surface area contributed by atoms with Crippen LogP contribution in [0.1, 0.15) is 24.2 Å². The first kappa shape index (κ1) is 14.7. The Morgan fingerprint density at radius 3 is 2.50 bits per heavy atom. The Morgan fingerprint density at radius 1 is 1.30 bits per heavy atom. The zero-order valence-corrected chi connectivity index (χ0v) is 12.4. The van der Waals surface area contributed by atoms with Gasteiger partial charge in [0.2, 0.25) is 0 Å². The molecule has 2 atom stereocenters. The lowest BCUT2D eigenvalue weighted by Crippen LogP contribution is -2.39. The Balaban J connectivity index is 2.53. The van der Waals surface area contributed by atoms with Gasteiger partial charge in [-0.05, 0) is 40.0 Å². The fourth-order valence-electron chi connectivity index (χ4n) is 2.06. The lowest BCUT2D eigenvalue weighted by molar-refractivity contribution is -0.148. The van der Waals surface area contributed by atoms with Gasteiger partial charge in [-0.3, -0.25) is 9.78 Å². The Morgan fingerprint density at radius 2 is 1.95 bits per heavy atom. The Labute approximate surface area is 125 Å². The van der Waals surface area contributed by atoms with Crippen molar-refractivity contribution in [2.24, 2.45) is 0 Å². The molecule has 0 aliphatic carbocycles. The number of rotatable bonds is 4. The molecule has 0 saturated carbocycles. The van der Waals surface area contributed by atoms with Crippen molar-refractivity contribution < 1.29 is 15.0 Å². The average Bonchev–Trinajstić information content (AvgIpc) is 2.46. The molecule has 0 bridgehead atoms. The number of halogens is 1. The second-order valence-corrected chi connectivity index (χ2v) is 5.63. The van der Waals surface area contributed by atoms with E-state index < -0.39 is 17.5 Å². The first-order valence-corrected chi connectivity index (χ1v) is 6.83. The molecule has 104 valence electrons. The number of aliphatic hydroxyl groups is 1. The van der Waals surface area contributed by atoms with Gasteiger partial charge in [0.15, 0.2) is 0 Å². The van der Waals surface area contributed by atoms with Crippen LogP contribution in [0.5, 0.6) is 0 Å². The van der Waals surface area contributed by atoms with Gasteiger partial charge in [-0.1, -0.05) is 30.3 Å². The Bertz CT molecular complexity index is 618. The Kier molecular flexibility index (Phi) is 4.20. The van der Waals surface area contributed by atoms with Crippen molar-refractivity contribution in [1.29, 1.82) is 0 Å². The number of hydrogen-bond acceptors (Lipinski definition) is 3. The molecule has 1 heterocycles. The number of nitrogens with zero attached hydrogens (tertiary/aromatic N) is 1. The zero-order valence-electron chi connectivity index (χ0n) is 10.8. The molecule has 0 fully saturated rings. The van der Waals surface area contributed by atoms with E-state index in [-0.39, 0.29) is 0 Å². The lowest BCUT2D eigenvalue weighted by atomic mass is 9.75. The van der Waals surface area contributed by atoms with Gasteiger partial charge in [-0.15, -0.1) is 0 Å². The molecule has 2 rings (SSSR count). The van der Waals surface area contributed by atoms with Gasteiger partial charge in [-0.2, -0.15) is 0 Å². The SMILES string of the molecule is C[C@@](C(=O)O)(c1cncc(Br)c1)[C@@H](O)c1ccccc1. The predicted octanol–water partition coefficient (Wildman–Crippen LogP) is 2.92. The van der Waals surface area contributed by atoms with Crippen molar-refractivity contribution in [2.45, 2.75) is 18.4 Å². The molecular weight excluding hydrogens is 322 g/mol. The number of aliphatic hydroxyl groups excluding tert-OH is 1. The van der Waals surface area contributed by atoms with Gasteiger partial charge < -0.3 is 10.2 Å². The Hall–Kier alpha value is -1.72. The van der Waals surface area contributed by atoms with E-state index in [2.05, 4.69) is 20.9 Å². The molecule has 0 aliphatic rings. The van der Waals surface area contributed by atoms with Gasteiger partial charge >= 0.3 is 5.97 Å². The highest BCUT2D eigenvalue weighted by Gasteiger charge is 2.43. The summed E-state index contributed by atoms with van der Waals surface area (Å²) in [7, 11) is 0. The minimum Gasteiger partial charge on any atom is -0.481 e. The highest BCUT2D eigenvalue weighted by atomic mass is 79.9. The smallest absolute Gasteiger partial charge is 0.316 e. The van der Waals surface area contributed by atoms with E-state index in [0.717, 1.165) is 0 Å². The van der Waals surface area contributed by atoms with Crippen molar-refractivity contribution in [3.8, 4) is 0 Å². The summed E-state index contributed by atoms with van der Waals surface area (Å²) in [5.41, 5.74) is -0.480. The number of aromatic nitrogens is 1. The molecular formula is C15H14BrNO3. The minimum atomic E-state index is -1.47. The molecule has 1 aromatic carbocycles. The fourth-order valence-corrected chi connectivity index (χ4v) is 2.43. The fraction of sp³-hybridized carbons (Fsp3) is 0.200. The number of pyridine rings is 1. The third-order valence-electron chi connectivity index (χ3n) is 3.41. The van der Waals surface area contributed by atoms with E-state index in [1.54, 1.807) is 36.5 Å². The molecule has 2 N–H and O–H groups in total. The minimum absolute atomic E-state index is 0.440. The van der Waals surface area contributed by atoms with Crippen molar-refractivity contribution in [3.63, 3.8) is 0 Å². The molecule has 20 heavy (non-hydrogen) atoms. The van der Waals surface area contributed by atoms with Gasteiger partial charge in [0.05, 0.1) is 6.10 Å². The van der Waals surface area contributed by atoms with Crippen LogP contribution in [0.2, 0.25) is 0 Å². The summed E-state index contributed by atoms with van der Waals surface area (Å²) in [5, 5.41) is 20.1. The van der Waals surface area contributed by atoms with Crippen LogP contribution in [0.4, 0.5) is 0 Å². The van der Waals surface area contributed by atoms with Crippen LogP contribution in [0.25, 0.3) is 0 Å². The largest absolute Gasteiger partial charge is 0.481 e. The van der Waals surface area contributed by atoms with Crippen LogP contribution >= 0.6 is 15.9 Å². The van der Waals surface area contributed by atoms with Crippen molar-refractivity contribution in [2.75, 3.05) is 0 Å². The third-order valence-corrected chi connectivity index (χ3v) is 3.84. The number of carbonyl (C=O) groups is 1. The maximum atomic E-state index is 11.7.